The van der Waals surface area contributed by atoms with Crippen molar-refractivity contribution in [1.29, 1.82) is 0 Å². The highest BCUT2D eigenvalue weighted by Gasteiger charge is 2.17. The molecule has 6 nitrogen and oxygen atoms in total. The largest absolute Gasteiger partial charge is 0.432 e. The van der Waals surface area contributed by atoms with Crippen LogP contribution in [0.1, 0.15) is 0 Å². The molecule has 0 aliphatic carbocycles. The van der Waals surface area contributed by atoms with E-state index in [1.165, 1.54) is 24.4 Å². The predicted octanol–water partition coefficient (Wildman–Crippen LogP) is 2.50. The van der Waals surface area contributed by atoms with Crippen molar-refractivity contribution in [2.24, 2.45) is 0 Å². The molecule has 1 heterocycles. The fourth-order valence-electron chi connectivity index (χ4n) is 1.28. The molecular weight excluding hydrogens is 241 g/mol. The highest BCUT2D eigenvalue weighted by Crippen LogP contribution is 2.30. The van der Waals surface area contributed by atoms with Crippen molar-refractivity contribution in [3.8, 4) is 11.6 Å². The van der Waals surface area contributed by atoms with Gasteiger partial charge in [-0.2, -0.15) is 0 Å². The van der Waals surface area contributed by atoms with Crippen molar-refractivity contribution in [2.45, 2.75) is 0 Å². The van der Waals surface area contributed by atoms with Gasteiger partial charge in [0.1, 0.15) is 5.82 Å². The average Bonchev–Trinajstić information content (AvgIpc) is 2.34. The molecule has 1 aromatic heterocycles. The van der Waals surface area contributed by atoms with Crippen LogP contribution in [0.15, 0.2) is 36.5 Å². The van der Waals surface area contributed by atoms with E-state index in [0.717, 1.165) is 12.1 Å². The van der Waals surface area contributed by atoms with Gasteiger partial charge in [-0.05, 0) is 18.2 Å². The molecule has 7 heteroatoms. The van der Waals surface area contributed by atoms with Gasteiger partial charge in [0.15, 0.2) is 0 Å². The Bertz CT molecular complexity index is 587. The number of anilines is 1. The summed E-state index contributed by atoms with van der Waals surface area (Å²) in [6.07, 6.45) is 1.35. The van der Waals surface area contributed by atoms with E-state index in [9.17, 15) is 14.5 Å². The second-order valence-electron chi connectivity index (χ2n) is 3.40. The molecule has 0 aliphatic heterocycles. The van der Waals surface area contributed by atoms with Crippen molar-refractivity contribution < 1.29 is 14.1 Å². The molecule has 1 aromatic carbocycles. The van der Waals surface area contributed by atoms with Crippen molar-refractivity contribution >= 4 is 11.4 Å². The third-order valence-corrected chi connectivity index (χ3v) is 2.09. The summed E-state index contributed by atoms with van der Waals surface area (Å²) < 4.78 is 18.1. The summed E-state index contributed by atoms with van der Waals surface area (Å²) in [5.74, 6) is -0.656. The molecule has 0 saturated carbocycles. The van der Waals surface area contributed by atoms with Gasteiger partial charge in [0.2, 0.25) is 11.6 Å². The minimum absolute atomic E-state index is 0.0846. The number of nitro benzene ring substituents is 1. The third kappa shape index (κ3) is 2.51. The quantitative estimate of drug-likeness (QED) is 0.666. The van der Waals surface area contributed by atoms with Crippen LogP contribution in [0.4, 0.5) is 15.8 Å². The highest BCUT2D eigenvalue weighted by atomic mass is 19.1. The summed E-state index contributed by atoms with van der Waals surface area (Å²) >= 11 is 0. The van der Waals surface area contributed by atoms with E-state index in [1.54, 1.807) is 0 Å². The first-order valence-corrected chi connectivity index (χ1v) is 4.89. The lowest BCUT2D eigenvalue weighted by Crippen LogP contribution is -1.96. The van der Waals surface area contributed by atoms with Crippen LogP contribution in [0, 0.1) is 15.9 Å². The summed E-state index contributed by atoms with van der Waals surface area (Å²) in [4.78, 5) is 13.8. The Morgan fingerprint density at radius 2 is 2.11 bits per heavy atom. The van der Waals surface area contributed by atoms with Gasteiger partial charge >= 0.3 is 5.69 Å². The Kier molecular flexibility index (Phi) is 3.05. The molecule has 0 fully saturated rings. The molecule has 92 valence electrons. The van der Waals surface area contributed by atoms with Crippen molar-refractivity contribution in [3.05, 3.63) is 52.5 Å². The van der Waals surface area contributed by atoms with Crippen LogP contribution < -0.4 is 10.5 Å². The van der Waals surface area contributed by atoms with Crippen LogP contribution in [0.3, 0.4) is 0 Å². The summed E-state index contributed by atoms with van der Waals surface area (Å²) in [7, 11) is 0. The first kappa shape index (κ1) is 11.8. The van der Waals surface area contributed by atoms with Crippen molar-refractivity contribution in [1.82, 2.24) is 4.98 Å². The van der Waals surface area contributed by atoms with Gasteiger partial charge in [0.05, 0.1) is 22.9 Å². The Morgan fingerprint density at radius 3 is 2.72 bits per heavy atom. The Labute approximate surface area is 101 Å². The number of hydrogen-bond donors (Lipinski definition) is 1. The zero-order valence-electron chi connectivity index (χ0n) is 9.04. The molecule has 0 bridgehead atoms. The Balaban J connectivity index is 2.34. The Morgan fingerprint density at radius 1 is 1.33 bits per heavy atom. The van der Waals surface area contributed by atoms with E-state index in [-0.39, 0.29) is 11.6 Å². The summed E-state index contributed by atoms with van der Waals surface area (Å²) in [5, 5.41) is 10.7. The average molecular weight is 249 g/mol. The second kappa shape index (κ2) is 4.66. The lowest BCUT2D eigenvalue weighted by atomic mass is 10.3. The zero-order valence-corrected chi connectivity index (χ0v) is 9.04. The van der Waals surface area contributed by atoms with Gasteiger partial charge in [-0.25, -0.2) is 9.37 Å². The fourth-order valence-corrected chi connectivity index (χ4v) is 1.28. The molecule has 2 rings (SSSR count). The number of nitrogen functional groups attached to an aromatic ring is 1. The number of nitro groups is 1. The smallest absolute Gasteiger partial charge is 0.314 e. The standard InChI is InChI=1S/C11H8FN3O3/c12-7-1-3-10(9(5-7)15(16)17)18-11-4-2-8(13)6-14-11/h1-6H,13H2. The van der Waals surface area contributed by atoms with Gasteiger partial charge in [-0.1, -0.05) is 0 Å². The van der Waals surface area contributed by atoms with Crippen molar-refractivity contribution in [3.63, 3.8) is 0 Å². The fraction of sp³-hybridized carbons (Fsp3) is 0. The third-order valence-electron chi connectivity index (χ3n) is 2.09. The molecule has 0 amide bonds. The minimum atomic E-state index is -0.726. The maximum atomic E-state index is 12.9. The molecular formula is C11H8FN3O3. The number of nitrogens with zero attached hydrogens (tertiary/aromatic N) is 2. The molecule has 0 saturated heterocycles. The van der Waals surface area contributed by atoms with Crippen LogP contribution in [0.5, 0.6) is 11.6 Å². The van der Waals surface area contributed by atoms with Gasteiger partial charge in [0, 0.05) is 6.07 Å². The molecule has 18 heavy (non-hydrogen) atoms. The highest BCUT2D eigenvalue weighted by molar-refractivity contribution is 5.48. The molecule has 0 spiro atoms. The molecule has 0 atom stereocenters. The van der Waals surface area contributed by atoms with E-state index < -0.39 is 16.4 Å². The summed E-state index contributed by atoms with van der Waals surface area (Å²) in [6.45, 7) is 0. The van der Waals surface area contributed by atoms with Crippen LogP contribution in [-0.2, 0) is 0 Å². The van der Waals surface area contributed by atoms with E-state index in [0.29, 0.717) is 5.69 Å². The molecule has 2 N–H and O–H groups in total. The number of ether oxygens (including phenoxy) is 1. The first-order chi connectivity index (χ1) is 8.56. The predicted molar refractivity (Wildman–Crippen MR) is 61.8 cm³/mol. The number of hydrogen-bond acceptors (Lipinski definition) is 5. The van der Waals surface area contributed by atoms with Crippen LogP contribution in [-0.4, -0.2) is 9.91 Å². The first-order valence-electron chi connectivity index (χ1n) is 4.89. The monoisotopic (exact) mass is 249 g/mol. The minimum Gasteiger partial charge on any atom is -0.432 e. The van der Waals surface area contributed by atoms with E-state index >= 15 is 0 Å². The number of rotatable bonds is 3. The number of benzene rings is 1. The molecule has 0 unspecified atom stereocenters. The lowest BCUT2D eigenvalue weighted by Gasteiger charge is -2.05. The topological polar surface area (TPSA) is 91.3 Å². The maximum Gasteiger partial charge on any atom is 0.314 e. The maximum absolute atomic E-state index is 12.9. The van der Waals surface area contributed by atoms with E-state index in [1.807, 2.05) is 0 Å². The number of nitrogens with two attached hydrogens (primary N) is 1. The lowest BCUT2D eigenvalue weighted by molar-refractivity contribution is -0.385. The molecule has 2 aromatic rings. The van der Waals surface area contributed by atoms with E-state index in [4.69, 9.17) is 10.5 Å². The van der Waals surface area contributed by atoms with Gasteiger partial charge in [0.25, 0.3) is 0 Å². The van der Waals surface area contributed by atoms with Crippen LogP contribution in [0.2, 0.25) is 0 Å². The summed E-state index contributed by atoms with van der Waals surface area (Å²) in [6, 6.07) is 6.03. The Hall–Kier alpha value is -2.70. The van der Waals surface area contributed by atoms with Crippen LogP contribution >= 0.6 is 0 Å². The zero-order chi connectivity index (χ0) is 13.1. The summed E-state index contributed by atoms with van der Waals surface area (Å²) in [5.41, 5.74) is 5.42. The number of halogens is 1. The number of pyridine rings is 1. The second-order valence-corrected chi connectivity index (χ2v) is 3.40. The van der Waals surface area contributed by atoms with Gasteiger partial charge in [-0.15, -0.1) is 0 Å². The molecule has 0 radical (unpaired) electrons. The van der Waals surface area contributed by atoms with E-state index in [2.05, 4.69) is 4.98 Å². The normalized spacial score (nSPS) is 10.1. The van der Waals surface area contributed by atoms with Gasteiger partial charge in [-0.3, -0.25) is 10.1 Å². The molecule has 0 aliphatic rings. The van der Waals surface area contributed by atoms with Gasteiger partial charge < -0.3 is 10.5 Å². The SMILES string of the molecule is Nc1ccc(Oc2ccc(F)cc2[N+](=O)[O-])nc1. The van der Waals surface area contributed by atoms with Crippen molar-refractivity contribution in [2.75, 3.05) is 5.73 Å². The number of aromatic nitrogens is 1. The van der Waals surface area contributed by atoms with Crippen LogP contribution in [0.25, 0.3) is 0 Å².